The Hall–Kier alpha value is 0.753. The molecule has 0 unspecified atom stereocenters. The molecule has 4 heavy (non-hydrogen) atoms. The molecular weight excluding hydrogens is 219 g/mol. The third kappa shape index (κ3) is 14.9. The molecule has 2 heteroatoms. The van der Waals surface area contributed by atoms with Crippen molar-refractivity contribution in [2.24, 2.45) is 0 Å². The Labute approximate surface area is 44.8 Å². The first kappa shape index (κ1) is 118. The van der Waals surface area contributed by atoms with E-state index in [0.717, 1.165) is 0 Å². The third-order valence-electron chi connectivity index (χ3n) is 0. The molecule has 0 bridgehead atoms. The molecule has 0 amide bonds. The molecule has 0 aliphatic heterocycles. The van der Waals surface area contributed by atoms with Crippen LogP contribution in [-0.2, 0) is 21.1 Å². The first-order valence-corrected chi connectivity index (χ1v) is 0. The molecule has 0 fully saturated rings. The van der Waals surface area contributed by atoms with E-state index in [1.54, 1.807) is 0 Å². The second kappa shape index (κ2) is 50.1. The molecule has 0 spiro atoms. The molecule has 0 aliphatic rings. The zero-order chi connectivity index (χ0) is 0. The summed E-state index contributed by atoms with van der Waals surface area (Å²) >= 11 is 0. The predicted octanol–water partition coefficient (Wildman–Crippen LogP) is 0.517. The first-order chi connectivity index (χ1) is 0. The minimum Gasteiger partial charge on any atom is -0.358 e. The van der Waals surface area contributed by atoms with Gasteiger partial charge in [-0.3, -0.25) is 0 Å². The number of rotatable bonds is 0. The third-order valence-corrected chi connectivity index (χ3v) is 0. The van der Waals surface area contributed by atoms with Crippen molar-refractivity contribution < 1.29 is 21.1 Å². The summed E-state index contributed by atoms with van der Waals surface area (Å²) in [6, 6.07) is 0. The fourth-order valence-electron chi connectivity index (χ4n) is 0. The van der Waals surface area contributed by atoms with E-state index in [9.17, 15) is 0 Å². The molecule has 0 heterocycles. The maximum absolute atomic E-state index is 0. The Bertz CT molecular complexity index is 6.00. The van der Waals surface area contributed by atoms with E-state index >= 15 is 0 Å². The van der Waals surface area contributed by atoms with Crippen LogP contribution in [0.5, 0.6) is 0 Å². The van der Waals surface area contributed by atoms with Gasteiger partial charge in [0, 0.05) is 8.41 Å². The standard InChI is InChI=1S/2CH3.B.W/h2*1H3;;/q2*-1;;+2. The van der Waals surface area contributed by atoms with Crippen molar-refractivity contribution in [3.63, 3.8) is 0 Å². The summed E-state index contributed by atoms with van der Waals surface area (Å²) in [5, 5.41) is 0. The molecular formula is C2H6BW. The average Bonchev–Trinajstić information content (AvgIpc) is 0. The topological polar surface area (TPSA) is 0 Å². The summed E-state index contributed by atoms with van der Waals surface area (Å²) in [4.78, 5) is 0. The van der Waals surface area contributed by atoms with Gasteiger partial charge in [-0.1, -0.05) is 0 Å². The van der Waals surface area contributed by atoms with Gasteiger partial charge in [-0.15, -0.1) is 0 Å². The van der Waals surface area contributed by atoms with Gasteiger partial charge in [0.05, 0.1) is 0 Å². The van der Waals surface area contributed by atoms with Crippen molar-refractivity contribution in [1.29, 1.82) is 0 Å². The van der Waals surface area contributed by atoms with Crippen LogP contribution in [0.3, 0.4) is 0 Å². The normalized spacial score (nSPS) is 0. The SMILES string of the molecule is [B].[CH3-].[CH3-].[W+2]. The van der Waals surface area contributed by atoms with E-state index in [-0.39, 0.29) is 44.3 Å². The van der Waals surface area contributed by atoms with E-state index in [4.69, 9.17) is 0 Å². The fraction of sp³-hybridized carbons (Fsp3) is 0. The van der Waals surface area contributed by atoms with Gasteiger partial charge in [0.1, 0.15) is 0 Å². The van der Waals surface area contributed by atoms with E-state index in [1.807, 2.05) is 0 Å². The van der Waals surface area contributed by atoms with E-state index in [1.165, 1.54) is 0 Å². The summed E-state index contributed by atoms with van der Waals surface area (Å²) in [7, 11) is 0. The van der Waals surface area contributed by atoms with Crippen molar-refractivity contribution in [1.82, 2.24) is 0 Å². The summed E-state index contributed by atoms with van der Waals surface area (Å²) < 4.78 is 0. The quantitative estimate of drug-likeness (QED) is 0.416. The van der Waals surface area contributed by atoms with Crippen LogP contribution >= 0.6 is 0 Å². The van der Waals surface area contributed by atoms with E-state index < -0.39 is 0 Å². The van der Waals surface area contributed by atoms with Crippen LogP contribution in [-0.4, -0.2) is 8.41 Å². The molecule has 3 radical (unpaired) electrons. The molecule has 0 aliphatic carbocycles. The predicted molar refractivity (Wildman–Crippen MR) is 18.6 cm³/mol. The average molecular weight is 225 g/mol. The molecule has 0 aromatic heterocycles. The number of hydrogen-bond acceptors (Lipinski definition) is 0. The second-order valence-electron chi connectivity index (χ2n) is 0. The van der Waals surface area contributed by atoms with E-state index in [2.05, 4.69) is 0 Å². The van der Waals surface area contributed by atoms with Crippen molar-refractivity contribution in [3.8, 4) is 0 Å². The zero-order valence-electron chi connectivity index (χ0n) is 2.99. The van der Waals surface area contributed by atoms with Gasteiger partial charge in [0.2, 0.25) is 0 Å². The van der Waals surface area contributed by atoms with Crippen LogP contribution in [0.1, 0.15) is 0 Å². The molecule has 0 aromatic rings. The van der Waals surface area contributed by atoms with Gasteiger partial charge in [0.25, 0.3) is 0 Å². The molecule has 23 valence electrons. The number of hydrogen-bond donors (Lipinski definition) is 0. The Morgan fingerprint density at radius 1 is 0.750 bits per heavy atom. The monoisotopic (exact) mass is 225 g/mol. The van der Waals surface area contributed by atoms with Crippen LogP contribution < -0.4 is 0 Å². The van der Waals surface area contributed by atoms with Gasteiger partial charge in [0.15, 0.2) is 0 Å². The summed E-state index contributed by atoms with van der Waals surface area (Å²) in [5.74, 6) is 0. The Morgan fingerprint density at radius 2 is 0.750 bits per heavy atom. The molecule has 0 N–H and O–H groups in total. The second-order valence-corrected chi connectivity index (χ2v) is 0. The van der Waals surface area contributed by atoms with Gasteiger partial charge < -0.3 is 14.9 Å². The minimum atomic E-state index is 0. The van der Waals surface area contributed by atoms with Crippen LogP contribution in [0, 0.1) is 14.9 Å². The zero-order valence-corrected chi connectivity index (χ0v) is 5.92. The van der Waals surface area contributed by atoms with E-state index in [0.29, 0.717) is 0 Å². The maximum Gasteiger partial charge on any atom is 2.00 e. The van der Waals surface area contributed by atoms with Crippen LogP contribution in [0.2, 0.25) is 0 Å². The maximum atomic E-state index is 0. The van der Waals surface area contributed by atoms with Crippen molar-refractivity contribution in [3.05, 3.63) is 14.9 Å². The first-order valence-electron chi connectivity index (χ1n) is 0. The molecule has 0 atom stereocenters. The minimum absolute atomic E-state index is 0. The summed E-state index contributed by atoms with van der Waals surface area (Å²) in [5.41, 5.74) is 0. The molecule has 0 aromatic carbocycles. The van der Waals surface area contributed by atoms with Gasteiger partial charge in [-0.25, -0.2) is 0 Å². The van der Waals surface area contributed by atoms with Crippen LogP contribution in [0.4, 0.5) is 0 Å². The largest absolute Gasteiger partial charge is 2.00 e. The van der Waals surface area contributed by atoms with Gasteiger partial charge in [-0.2, -0.15) is 0 Å². The van der Waals surface area contributed by atoms with Crippen molar-refractivity contribution in [2.45, 2.75) is 0 Å². The molecule has 0 saturated heterocycles. The van der Waals surface area contributed by atoms with Gasteiger partial charge >= 0.3 is 21.1 Å². The molecule has 0 saturated carbocycles. The van der Waals surface area contributed by atoms with Crippen molar-refractivity contribution in [2.75, 3.05) is 0 Å². The molecule has 0 nitrogen and oxygen atoms in total. The van der Waals surface area contributed by atoms with Crippen LogP contribution in [0.15, 0.2) is 0 Å². The Kier molecular flexibility index (Phi) is 1480. The fourth-order valence-corrected chi connectivity index (χ4v) is 0. The van der Waals surface area contributed by atoms with Crippen LogP contribution in [0.25, 0.3) is 0 Å². The molecule has 0 rings (SSSR count). The van der Waals surface area contributed by atoms with Crippen molar-refractivity contribution >= 4 is 8.41 Å². The smallest absolute Gasteiger partial charge is 0.358 e. The summed E-state index contributed by atoms with van der Waals surface area (Å²) in [6.45, 7) is 0. The van der Waals surface area contributed by atoms with Gasteiger partial charge in [-0.05, 0) is 0 Å². The Morgan fingerprint density at radius 3 is 0.750 bits per heavy atom. The summed E-state index contributed by atoms with van der Waals surface area (Å²) in [6.07, 6.45) is 0. The Balaban J connectivity index is 0.